The van der Waals surface area contributed by atoms with Crippen LogP contribution in [0, 0.1) is 0 Å². The number of halogens is 3. The van der Waals surface area contributed by atoms with Crippen molar-refractivity contribution in [3.63, 3.8) is 0 Å². The van der Waals surface area contributed by atoms with Crippen LogP contribution in [0.25, 0.3) is 10.9 Å². The summed E-state index contributed by atoms with van der Waals surface area (Å²) in [5.41, 5.74) is 1.36. The van der Waals surface area contributed by atoms with Crippen LogP contribution < -0.4 is 0 Å². The van der Waals surface area contributed by atoms with E-state index in [1.807, 2.05) is 12.1 Å². The quantitative estimate of drug-likeness (QED) is 0.475. The van der Waals surface area contributed by atoms with Crippen LogP contribution in [0.5, 0.6) is 0 Å². The Hall–Kier alpha value is -0.231. The van der Waals surface area contributed by atoms with Gasteiger partial charge in [-0.3, -0.25) is 9.78 Å². The van der Waals surface area contributed by atoms with Crippen LogP contribution >= 0.6 is 34.8 Å². The third kappa shape index (κ3) is 4.63. The summed E-state index contributed by atoms with van der Waals surface area (Å²) < 4.78 is 4.88. The van der Waals surface area contributed by atoms with Crippen molar-refractivity contribution in [2.24, 2.45) is 0 Å². The number of fused-ring (bicyclic) bond motifs is 1. The second-order valence-electron chi connectivity index (χ2n) is 4.48. The number of rotatable bonds is 5. The van der Waals surface area contributed by atoms with E-state index in [2.05, 4.69) is 4.98 Å². The van der Waals surface area contributed by atoms with E-state index in [0.717, 1.165) is 0 Å². The topological polar surface area (TPSA) is 39.2 Å². The van der Waals surface area contributed by atoms with Crippen LogP contribution in [0.4, 0.5) is 0 Å². The van der Waals surface area contributed by atoms with Crippen LogP contribution in [-0.2, 0) is 16.0 Å². The Morgan fingerprint density at radius 1 is 1.23 bits per heavy atom. The molecule has 0 aliphatic rings. The van der Waals surface area contributed by atoms with Crippen molar-refractivity contribution >= 4 is 75.6 Å². The third-order valence-electron chi connectivity index (χ3n) is 3.01. The second kappa shape index (κ2) is 9.16. The molecular weight excluding hydrogens is 451 g/mol. The molecule has 2 aromatic rings. The van der Waals surface area contributed by atoms with Crippen molar-refractivity contribution in [3.05, 3.63) is 39.0 Å². The number of aromatic nitrogens is 1. The fraction of sp³-hybridized carbons (Fsp3) is 0.333. The molecular formula is C15H14Cl3NO2Sn. The molecule has 0 unspecified atom stereocenters. The third-order valence-corrected chi connectivity index (χ3v) is 4.21. The summed E-state index contributed by atoms with van der Waals surface area (Å²) in [6.07, 6.45) is 1.49. The zero-order chi connectivity index (χ0) is 15.4. The van der Waals surface area contributed by atoms with Gasteiger partial charge in [0.15, 0.2) is 0 Å². The molecule has 0 aliphatic heterocycles. The van der Waals surface area contributed by atoms with Crippen molar-refractivity contribution in [2.75, 3.05) is 6.61 Å². The summed E-state index contributed by atoms with van der Waals surface area (Å²) >= 11 is 18.7. The largest absolute Gasteiger partial charge is 0.466 e. The smallest absolute Gasteiger partial charge is 0.305 e. The first-order valence-electron chi connectivity index (χ1n) is 6.62. The number of carbonyl (C=O) groups is 1. The maximum Gasteiger partial charge on any atom is 0.305 e. The van der Waals surface area contributed by atoms with Gasteiger partial charge in [0, 0.05) is 35.7 Å². The second-order valence-corrected chi connectivity index (χ2v) is 5.64. The van der Waals surface area contributed by atoms with Gasteiger partial charge in [0.2, 0.25) is 0 Å². The number of aryl methyl sites for hydroxylation is 1. The SMILES string of the molecule is CCOC(=O)CCCc1nc2cccc(Cl)c2c(Cl)c1Cl.[Sn]. The molecule has 0 spiro atoms. The average Bonchev–Trinajstić information content (AvgIpc) is 2.44. The maximum absolute atomic E-state index is 11.3. The van der Waals surface area contributed by atoms with E-state index < -0.39 is 0 Å². The molecule has 0 aliphatic carbocycles. The van der Waals surface area contributed by atoms with Gasteiger partial charge in [0.05, 0.1) is 32.9 Å². The summed E-state index contributed by atoms with van der Waals surface area (Å²) in [6.45, 7) is 2.17. The fourth-order valence-electron chi connectivity index (χ4n) is 2.05. The zero-order valence-corrected chi connectivity index (χ0v) is 17.1. The Kier molecular flexibility index (Phi) is 8.25. The Bertz CT molecular complexity index is 679. The molecule has 0 amide bonds. The van der Waals surface area contributed by atoms with Crippen molar-refractivity contribution in [2.45, 2.75) is 26.2 Å². The van der Waals surface area contributed by atoms with E-state index >= 15 is 0 Å². The molecule has 7 heteroatoms. The number of nitrogens with zero attached hydrogens (tertiary/aromatic N) is 1. The first-order chi connectivity index (χ1) is 10.0. The minimum absolute atomic E-state index is 0. The van der Waals surface area contributed by atoms with Crippen molar-refractivity contribution in [1.29, 1.82) is 0 Å². The molecule has 22 heavy (non-hydrogen) atoms. The van der Waals surface area contributed by atoms with E-state index in [-0.39, 0.29) is 29.9 Å². The van der Waals surface area contributed by atoms with E-state index in [1.165, 1.54) is 0 Å². The summed E-state index contributed by atoms with van der Waals surface area (Å²) in [5.74, 6) is -0.219. The van der Waals surface area contributed by atoms with E-state index in [4.69, 9.17) is 39.5 Å². The zero-order valence-electron chi connectivity index (χ0n) is 12.0. The predicted molar refractivity (Wildman–Crippen MR) is 92.1 cm³/mol. The monoisotopic (exact) mass is 465 g/mol. The van der Waals surface area contributed by atoms with Crippen molar-refractivity contribution in [3.8, 4) is 0 Å². The van der Waals surface area contributed by atoms with Crippen molar-refractivity contribution in [1.82, 2.24) is 4.98 Å². The molecule has 0 fully saturated rings. The predicted octanol–water partition coefficient (Wildman–Crippen LogP) is 4.70. The average molecular weight is 465 g/mol. The van der Waals surface area contributed by atoms with Crippen LogP contribution in [0.3, 0.4) is 0 Å². The molecule has 1 aromatic heterocycles. The maximum atomic E-state index is 11.3. The van der Waals surface area contributed by atoms with Crippen LogP contribution in [-0.4, -0.2) is 41.5 Å². The molecule has 2 rings (SSSR count). The number of esters is 1. The summed E-state index contributed by atoms with van der Waals surface area (Å²) in [5, 5.41) is 1.96. The van der Waals surface area contributed by atoms with Crippen LogP contribution in [0.2, 0.25) is 15.1 Å². The number of ether oxygens (including phenoxy) is 1. The van der Waals surface area contributed by atoms with Gasteiger partial charge >= 0.3 is 5.97 Å². The van der Waals surface area contributed by atoms with Gasteiger partial charge in [-0.05, 0) is 31.9 Å². The molecule has 0 bridgehead atoms. The number of hydrogen-bond donors (Lipinski definition) is 0. The molecule has 3 nitrogen and oxygen atoms in total. The molecule has 0 N–H and O–H groups in total. The summed E-state index contributed by atoms with van der Waals surface area (Å²) in [6, 6.07) is 5.39. The molecule has 116 valence electrons. The number of carbonyl (C=O) groups excluding carboxylic acids is 1. The van der Waals surface area contributed by atoms with Crippen LogP contribution in [0.15, 0.2) is 18.2 Å². The van der Waals surface area contributed by atoms with Gasteiger partial charge in [-0.2, -0.15) is 0 Å². The van der Waals surface area contributed by atoms with Crippen LogP contribution in [0.1, 0.15) is 25.5 Å². The molecule has 1 heterocycles. The van der Waals surface area contributed by atoms with Gasteiger partial charge in [-0.15, -0.1) is 0 Å². The fourth-order valence-corrected chi connectivity index (χ4v) is 2.90. The van der Waals surface area contributed by atoms with Crippen molar-refractivity contribution < 1.29 is 9.53 Å². The minimum atomic E-state index is -0.219. The van der Waals surface area contributed by atoms with Gasteiger partial charge in [-0.1, -0.05) is 40.9 Å². The van der Waals surface area contributed by atoms with Gasteiger partial charge < -0.3 is 4.74 Å². The van der Waals surface area contributed by atoms with Gasteiger partial charge in [0.1, 0.15) is 0 Å². The van der Waals surface area contributed by atoms with E-state index in [9.17, 15) is 4.79 Å². The molecule has 1 aromatic carbocycles. The van der Waals surface area contributed by atoms with E-state index in [0.29, 0.717) is 57.5 Å². The Morgan fingerprint density at radius 2 is 1.95 bits per heavy atom. The standard InChI is InChI=1S/C15H14Cl3NO2.Sn/c1-2-21-12(20)8-4-7-11-14(17)15(18)13-9(16)5-3-6-10(13)19-11;/h3,5-6H,2,4,7-8H2,1H3;. The normalized spacial score (nSPS) is 10.4. The Labute approximate surface area is 161 Å². The summed E-state index contributed by atoms with van der Waals surface area (Å²) in [4.78, 5) is 15.8. The molecule has 0 saturated carbocycles. The Morgan fingerprint density at radius 3 is 2.64 bits per heavy atom. The van der Waals surface area contributed by atoms with E-state index in [1.54, 1.807) is 13.0 Å². The molecule has 0 saturated heterocycles. The van der Waals surface area contributed by atoms with Gasteiger partial charge in [0.25, 0.3) is 0 Å². The Balaban J connectivity index is 0.00000242. The van der Waals surface area contributed by atoms with Gasteiger partial charge in [-0.25, -0.2) is 0 Å². The first-order valence-corrected chi connectivity index (χ1v) is 7.75. The number of benzene rings is 1. The number of hydrogen-bond acceptors (Lipinski definition) is 3. The number of pyridine rings is 1. The molecule has 4 radical (unpaired) electrons. The first kappa shape index (κ1) is 19.8. The minimum Gasteiger partial charge on any atom is -0.466 e. The molecule has 0 atom stereocenters. The summed E-state index contributed by atoms with van der Waals surface area (Å²) in [7, 11) is 0.